The average Bonchev–Trinajstić information content (AvgIpc) is 2.99. The van der Waals surface area contributed by atoms with Gasteiger partial charge in [-0.2, -0.15) is 0 Å². The zero-order chi connectivity index (χ0) is 14.4. The summed E-state index contributed by atoms with van der Waals surface area (Å²) in [5.74, 6) is -0.0702. The zero-order valence-corrected chi connectivity index (χ0v) is 11.6. The molecule has 1 aromatic carbocycles. The molecule has 2 N–H and O–H groups in total. The van der Waals surface area contributed by atoms with E-state index in [0.29, 0.717) is 18.3 Å². The molecule has 20 heavy (non-hydrogen) atoms. The molecule has 0 saturated heterocycles. The number of benzene rings is 1. The van der Waals surface area contributed by atoms with Crippen LogP contribution in [0.1, 0.15) is 20.3 Å². The molecule has 0 bridgehead atoms. The third kappa shape index (κ3) is 3.86. The van der Waals surface area contributed by atoms with Gasteiger partial charge in [0.25, 0.3) is 0 Å². The zero-order valence-electron chi connectivity index (χ0n) is 11.6. The highest BCUT2D eigenvalue weighted by atomic mass is 16.1. The van der Waals surface area contributed by atoms with Gasteiger partial charge < -0.3 is 10.6 Å². The fourth-order valence-corrected chi connectivity index (χ4v) is 1.62. The summed E-state index contributed by atoms with van der Waals surface area (Å²) in [6.45, 7) is 4.42. The van der Waals surface area contributed by atoms with Gasteiger partial charge in [-0.3, -0.25) is 4.79 Å². The minimum atomic E-state index is -0.0702. The van der Waals surface area contributed by atoms with Crippen LogP contribution in [0.15, 0.2) is 30.6 Å². The Bertz CT molecular complexity index is 554. The number of nitrogens with one attached hydrogen (secondary N) is 2. The Morgan fingerprint density at radius 3 is 3.00 bits per heavy atom. The second-order valence-electron chi connectivity index (χ2n) is 4.54. The number of rotatable bonds is 6. The molecule has 0 radical (unpaired) electrons. The molecule has 0 aliphatic rings. The lowest BCUT2D eigenvalue weighted by molar-refractivity contribution is -0.115. The van der Waals surface area contributed by atoms with Crippen molar-refractivity contribution < 1.29 is 4.79 Å². The van der Waals surface area contributed by atoms with Gasteiger partial charge in [-0.15, -0.1) is 5.10 Å². The summed E-state index contributed by atoms with van der Waals surface area (Å²) in [5.41, 5.74) is 1.51. The Hall–Kier alpha value is -2.28. The summed E-state index contributed by atoms with van der Waals surface area (Å²) in [5, 5.41) is 17.0. The minimum Gasteiger partial charge on any atom is -0.325 e. The van der Waals surface area contributed by atoms with E-state index in [4.69, 9.17) is 0 Å². The predicted octanol–water partition coefficient (Wildman–Crippen LogP) is 0.989. The Morgan fingerprint density at radius 2 is 2.30 bits per heavy atom. The van der Waals surface area contributed by atoms with Gasteiger partial charge in [-0.05, 0) is 42.0 Å². The van der Waals surface area contributed by atoms with E-state index in [2.05, 4.69) is 33.1 Å². The van der Waals surface area contributed by atoms with Crippen LogP contribution in [-0.4, -0.2) is 38.7 Å². The van der Waals surface area contributed by atoms with E-state index in [-0.39, 0.29) is 5.91 Å². The molecule has 0 aliphatic carbocycles. The van der Waals surface area contributed by atoms with E-state index in [1.807, 2.05) is 31.2 Å². The molecular weight excluding hydrogens is 256 g/mol. The van der Waals surface area contributed by atoms with E-state index in [9.17, 15) is 4.79 Å². The molecule has 2 aromatic rings. The van der Waals surface area contributed by atoms with Crippen molar-refractivity contribution in [3.8, 4) is 5.69 Å². The first-order chi connectivity index (χ1) is 9.69. The van der Waals surface area contributed by atoms with Crippen LogP contribution < -0.4 is 10.6 Å². The molecule has 0 fully saturated rings. The molecule has 0 saturated carbocycles. The van der Waals surface area contributed by atoms with Crippen molar-refractivity contribution in [2.45, 2.75) is 26.3 Å². The Balaban J connectivity index is 1.96. The number of amides is 1. The van der Waals surface area contributed by atoms with Crippen molar-refractivity contribution in [3.63, 3.8) is 0 Å². The lowest BCUT2D eigenvalue weighted by Gasteiger charge is -2.11. The first kappa shape index (κ1) is 14.1. The van der Waals surface area contributed by atoms with Gasteiger partial charge in [0.2, 0.25) is 5.91 Å². The molecular formula is C13H18N6O. The first-order valence-corrected chi connectivity index (χ1v) is 6.55. The molecule has 0 aliphatic heterocycles. The summed E-state index contributed by atoms with van der Waals surface area (Å²) < 4.78 is 1.53. The lowest BCUT2D eigenvalue weighted by Crippen LogP contribution is -2.33. The monoisotopic (exact) mass is 274 g/mol. The average molecular weight is 274 g/mol. The normalized spacial score (nSPS) is 12.1. The summed E-state index contributed by atoms with van der Waals surface area (Å²) in [6.07, 6.45) is 2.49. The van der Waals surface area contributed by atoms with Gasteiger partial charge in [-0.1, -0.05) is 13.0 Å². The highest BCUT2D eigenvalue weighted by Crippen LogP contribution is 2.13. The molecule has 1 aromatic heterocycles. The Labute approximate surface area is 117 Å². The van der Waals surface area contributed by atoms with Crippen LogP contribution in [0.5, 0.6) is 0 Å². The van der Waals surface area contributed by atoms with Crippen molar-refractivity contribution in [2.24, 2.45) is 0 Å². The van der Waals surface area contributed by atoms with Crippen LogP contribution >= 0.6 is 0 Å². The molecule has 1 atom stereocenters. The van der Waals surface area contributed by atoms with Crippen LogP contribution in [0, 0.1) is 0 Å². The number of carbonyl (C=O) groups is 1. The SMILES string of the molecule is CCC(C)NCC(=O)Nc1cccc(-n2cnnn2)c1. The van der Waals surface area contributed by atoms with Gasteiger partial charge >= 0.3 is 0 Å². The topological polar surface area (TPSA) is 84.7 Å². The molecule has 1 amide bonds. The Kier molecular flexibility index (Phi) is 4.78. The summed E-state index contributed by atoms with van der Waals surface area (Å²) in [4.78, 5) is 11.8. The third-order valence-corrected chi connectivity index (χ3v) is 2.97. The number of aromatic nitrogens is 4. The second-order valence-corrected chi connectivity index (χ2v) is 4.54. The third-order valence-electron chi connectivity index (χ3n) is 2.97. The number of hydrogen-bond donors (Lipinski definition) is 2. The highest BCUT2D eigenvalue weighted by molar-refractivity contribution is 5.92. The van der Waals surface area contributed by atoms with Crippen molar-refractivity contribution in [2.75, 3.05) is 11.9 Å². The maximum Gasteiger partial charge on any atom is 0.238 e. The number of hydrogen-bond acceptors (Lipinski definition) is 5. The number of tetrazole rings is 1. The van der Waals surface area contributed by atoms with E-state index in [1.165, 1.54) is 11.0 Å². The smallest absolute Gasteiger partial charge is 0.238 e. The van der Waals surface area contributed by atoms with Crippen LogP contribution in [0.25, 0.3) is 5.69 Å². The van der Waals surface area contributed by atoms with E-state index < -0.39 is 0 Å². The first-order valence-electron chi connectivity index (χ1n) is 6.55. The number of anilines is 1. The Morgan fingerprint density at radius 1 is 1.45 bits per heavy atom. The lowest BCUT2D eigenvalue weighted by atomic mass is 10.2. The summed E-state index contributed by atoms with van der Waals surface area (Å²) in [7, 11) is 0. The second kappa shape index (κ2) is 6.76. The van der Waals surface area contributed by atoms with Gasteiger partial charge in [0.1, 0.15) is 6.33 Å². The molecule has 106 valence electrons. The standard InChI is InChI=1S/C13H18N6O/c1-3-10(2)14-8-13(20)16-11-5-4-6-12(7-11)19-9-15-17-18-19/h4-7,9-10,14H,3,8H2,1-2H3,(H,16,20). The van der Waals surface area contributed by atoms with Crippen molar-refractivity contribution in [1.29, 1.82) is 0 Å². The minimum absolute atomic E-state index is 0.0702. The fourth-order valence-electron chi connectivity index (χ4n) is 1.62. The van der Waals surface area contributed by atoms with Crippen LogP contribution in [0.3, 0.4) is 0 Å². The molecule has 0 spiro atoms. The van der Waals surface area contributed by atoms with E-state index >= 15 is 0 Å². The number of carbonyl (C=O) groups excluding carboxylic acids is 1. The maximum absolute atomic E-state index is 11.8. The molecule has 1 unspecified atom stereocenters. The van der Waals surface area contributed by atoms with Crippen LogP contribution in [-0.2, 0) is 4.79 Å². The van der Waals surface area contributed by atoms with Crippen LogP contribution in [0.2, 0.25) is 0 Å². The summed E-state index contributed by atoms with van der Waals surface area (Å²) in [6, 6.07) is 7.68. The maximum atomic E-state index is 11.8. The van der Waals surface area contributed by atoms with Crippen LogP contribution in [0.4, 0.5) is 5.69 Å². The van der Waals surface area contributed by atoms with Crippen molar-refractivity contribution in [3.05, 3.63) is 30.6 Å². The molecule has 2 rings (SSSR count). The molecule has 7 heteroatoms. The van der Waals surface area contributed by atoms with Gasteiger partial charge in [0, 0.05) is 11.7 Å². The molecule has 1 heterocycles. The van der Waals surface area contributed by atoms with Gasteiger partial charge in [0.05, 0.1) is 12.2 Å². The van der Waals surface area contributed by atoms with Crippen molar-refractivity contribution >= 4 is 11.6 Å². The van der Waals surface area contributed by atoms with E-state index in [1.54, 1.807) is 0 Å². The highest BCUT2D eigenvalue weighted by Gasteiger charge is 2.05. The quantitative estimate of drug-likeness (QED) is 0.820. The predicted molar refractivity (Wildman–Crippen MR) is 75.5 cm³/mol. The number of nitrogens with zero attached hydrogens (tertiary/aromatic N) is 4. The van der Waals surface area contributed by atoms with Gasteiger partial charge in [0.15, 0.2) is 0 Å². The van der Waals surface area contributed by atoms with Crippen molar-refractivity contribution in [1.82, 2.24) is 25.5 Å². The van der Waals surface area contributed by atoms with E-state index in [0.717, 1.165) is 12.1 Å². The molecule has 7 nitrogen and oxygen atoms in total. The summed E-state index contributed by atoms with van der Waals surface area (Å²) >= 11 is 0. The fraction of sp³-hybridized carbons (Fsp3) is 0.385. The van der Waals surface area contributed by atoms with Gasteiger partial charge in [-0.25, -0.2) is 4.68 Å². The largest absolute Gasteiger partial charge is 0.325 e.